The number of hydrogen-bond acceptors (Lipinski definition) is 4. The second-order valence-corrected chi connectivity index (χ2v) is 9.46. The average Bonchev–Trinajstić information content (AvgIpc) is 3.17. The SMILES string of the molecule is CNS(=O)(=O)c1cc(C(=O)N2CCC(C(=O)NCCc3ccccc3F)CC2)n(C)c1. The van der Waals surface area contributed by atoms with Crippen LogP contribution in [0.25, 0.3) is 0 Å². The molecule has 10 heteroatoms. The molecule has 1 saturated heterocycles. The Balaban J connectivity index is 1.51. The van der Waals surface area contributed by atoms with Crippen molar-refractivity contribution in [2.24, 2.45) is 13.0 Å². The Morgan fingerprint density at radius 2 is 1.87 bits per heavy atom. The molecule has 2 aromatic rings. The molecule has 0 saturated carbocycles. The Morgan fingerprint density at radius 1 is 1.19 bits per heavy atom. The molecule has 0 bridgehead atoms. The molecular weight excluding hydrogens is 423 g/mol. The predicted molar refractivity (Wildman–Crippen MR) is 113 cm³/mol. The molecule has 0 atom stereocenters. The maximum absolute atomic E-state index is 13.7. The fourth-order valence-corrected chi connectivity index (χ4v) is 4.48. The summed E-state index contributed by atoms with van der Waals surface area (Å²) >= 11 is 0. The number of hydrogen-bond donors (Lipinski definition) is 2. The van der Waals surface area contributed by atoms with Crippen molar-refractivity contribution in [2.45, 2.75) is 24.2 Å². The maximum atomic E-state index is 13.7. The summed E-state index contributed by atoms with van der Waals surface area (Å²) in [7, 11) is -0.696. The minimum atomic E-state index is -3.63. The molecule has 2 N–H and O–H groups in total. The largest absolute Gasteiger partial charge is 0.356 e. The zero-order valence-corrected chi connectivity index (χ0v) is 18.4. The number of aromatic nitrogens is 1. The highest BCUT2D eigenvalue weighted by molar-refractivity contribution is 7.89. The number of carbonyl (C=O) groups excluding carboxylic acids is 2. The average molecular weight is 451 g/mol. The first-order valence-corrected chi connectivity index (χ1v) is 11.6. The van der Waals surface area contributed by atoms with E-state index in [0.29, 0.717) is 44.5 Å². The van der Waals surface area contributed by atoms with Crippen LogP contribution in [0.15, 0.2) is 41.4 Å². The van der Waals surface area contributed by atoms with Gasteiger partial charge in [-0.05, 0) is 44.0 Å². The summed E-state index contributed by atoms with van der Waals surface area (Å²) in [6.45, 7) is 1.16. The topological polar surface area (TPSA) is 101 Å². The summed E-state index contributed by atoms with van der Waals surface area (Å²) in [5, 5.41) is 2.85. The van der Waals surface area contributed by atoms with E-state index in [0.717, 1.165) is 0 Å². The van der Waals surface area contributed by atoms with Gasteiger partial charge in [0.05, 0.1) is 0 Å². The molecule has 0 unspecified atom stereocenters. The van der Waals surface area contributed by atoms with Crippen LogP contribution in [0.2, 0.25) is 0 Å². The van der Waals surface area contributed by atoms with Gasteiger partial charge in [0.2, 0.25) is 15.9 Å². The van der Waals surface area contributed by atoms with Gasteiger partial charge in [-0.1, -0.05) is 18.2 Å². The minimum absolute atomic E-state index is 0.0324. The zero-order valence-electron chi connectivity index (χ0n) is 17.6. The summed E-state index contributed by atoms with van der Waals surface area (Å²) in [5.74, 6) is -0.851. The van der Waals surface area contributed by atoms with E-state index in [9.17, 15) is 22.4 Å². The van der Waals surface area contributed by atoms with Gasteiger partial charge in [0.15, 0.2) is 0 Å². The molecule has 3 rings (SSSR count). The quantitative estimate of drug-likeness (QED) is 0.664. The third-order valence-electron chi connectivity index (χ3n) is 5.58. The molecule has 0 radical (unpaired) electrons. The van der Waals surface area contributed by atoms with Gasteiger partial charge in [0, 0.05) is 38.8 Å². The Bertz CT molecular complexity index is 1060. The fourth-order valence-electron chi connectivity index (χ4n) is 3.68. The van der Waals surface area contributed by atoms with Gasteiger partial charge >= 0.3 is 0 Å². The standard InChI is InChI=1S/C21H27FN4O4S/c1-23-31(29,30)17-13-19(25(2)14-17)21(28)26-11-8-16(9-12-26)20(27)24-10-7-15-5-3-4-6-18(15)22/h3-6,13-14,16,23H,7-12H2,1-2H3,(H,24,27). The summed E-state index contributed by atoms with van der Waals surface area (Å²) in [6.07, 6.45) is 2.85. The first-order valence-electron chi connectivity index (χ1n) is 10.1. The zero-order chi connectivity index (χ0) is 22.6. The van der Waals surface area contributed by atoms with E-state index in [-0.39, 0.29) is 34.1 Å². The first kappa shape index (κ1) is 23.0. The highest BCUT2D eigenvalue weighted by Gasteiger charge is 2.29. The Morgan fingerprint density at radius 3 is 2.52 bits per heavy atom. The molecule has 2 heterocycles. The lowest BCUT2D eigenvalue weighted by atomic mass is 9.95. The number of amides is 2. The lowest BCUT2D eigenvalue weighted by molar-refractivity contribution is -0.126. The van der Waals surface area contributed by atoms with Crippen LogP contribution in [-0.4, -0.2) is 56.4 Å². The number of piperidine rings is 1. The molecule has 0 aliphatic carbocycles. The second-order valence-electron chi connectivity index (χ2n) is 7.58. The number of rotatable bonds is 7. The normalized spacial score (nSPS) is 15.1. The first-order chi connectivity index (χ1) is 14.7. The van der Waals surface area contributed by atoms with Crippen LogP contribution >= 0.6 is 0 Å². The van der Waals surface area contributed by atoms with Crippen molar-refractivity contribution < 1.29 is 22.4 Å². The molecule has 0 spiro atoms. The Hall–Kier alpha value is -2.72. The molecule has 1 aromatic heterocycles. The van der Waals surface area contributed by atoms with E-state index in [1.54, 1.807) is 30.1 Å². The third kappa shape index (κ3) is 5.31. The molecule has 2 amide bonds. The lowest BCUT2D eigenvalue weighted by Crippen LogP contribution is -2.43. The Labute approximate surface area is 181 Å². The van der Waals surface area contributed by atoms with Gasteiger partial charge in [0.1, 0.15) is 16.4 Å². The smallest absolute Gasteiger partial charge is 0.270 e. The summed E-state index contributed by atoms with van der Waals surface area (Å²) in [5.41, 5.74) is 0.840. The number of nitrogens with zero attached hydrogens (tertiary/aromatic N) is 2. The summed E-state index contributed by atoms with van der Waals surface area (Å²) in [6, 6.07) is 7.84. The van der Waals surface area contributed by atoms with Crippen molar-refractivity contribution in [3.05, 3.63) is 53.6 Å². The van der Waals surface area contributed by atoms with Gasteiger partial charge in [-0.25, -0.2) is 17.5 Å². The van der Waals surface area contributed by atoms with Crippen LogP contribution < -0.4 is 10.0 Å². The van der Waals surface area contributed by atoms with E-state index < -0.39 is 10.0 Å². The van der Waals surface area contributed by atoms with Crippen molar-refractivity contribution >= 4 is 21.8 Å². The number of sulfonamides is 1. The lowest BCUT2D eigenvalue weighted by Gasteiger charge is -2.31. The molecular formula is C21H27FN4O4S. The van der Waals surface area contributed by atoms with Gasteiger partial charge in [-0.3, -0.25) is 9.59 Å². The summed E-state index contributed by atoms with van der Waals surface area (Å²) < 4.78 is 41.3. The molecule has 1 aromatic carbocycles. The van der Waals surface area contributed by atoms with Crippen LogP contribution in [0, 0.1) is 11.7 Å². The van der Waals surface area contributed by atoms with Gasteiger partial charge in [0.25, 0.3) is 5.91 Å². The molecule has 1 aliphatic heterocycles. The van der Waals surface area contributed by atoms with Crippen LogP contribution in [-0.2, 0) is 28.3 Å². The third-order valence-corrected chi connectivity index (χ3v) is 6.96. The Kier molecular flexibility index (Phi) is 7.11. The van der Waals surface area contributed by atoms with Gasteiger partial charge in [-0.2, -0.15) is 0 Å². The van der Waals surface area contributed by atoms with Crippen molar-refractivity contribution in [1.82, 2.24) is 19.5 Å². The van der Waals surface area contributed by atoms with Crippen molar-refractivity contribution in [3.63, 3.8) is 0 Å². The molecule has 168 valence electrons. The van der Waals surface area contributed by atoms with E-state index in [2.05, 4.69) is 10.0 Å². The highest BCUT2D eigenvalue weighted by atomic mass is 32.2. The molecule has 31 heavy (non-hydrogen) atoms. The molecule has 1 fully saturated rings. The highest BCUT2D eigenvalue weighted by Crippen LogP contribution is 2.21. The monoisotopic (exact) mass is 450 g/mol. The fraction of sp³-hybridized carbons (Fsp3) is 0.429. The van der Waals surface area contributed by atoms with E-state index in [1.807, 2.05) is 0 Å². The number of halogens is 1. The number of aryl methyl sites for hydroxylation is 1. The number of carbonyl (C=O) groups is 2. The van der Waals surface area contributed by atoms with Gasteiger partial charge < -0.3 is 14.8 Å². The molecule has 1 aliphatic rings. The van der Waals surface area contributed by atoms with Crippen molar-refractivity contribution in [3.8, 4) is 0 Å². The van der Waals surface area contributed by atoms with Crippen LogP contribution in [0.1, 0.15) is 28.9 Å². The number of nitrogens with one attached hydrogen (secondary N) is 2. The van der Waals surface area contributed by atoms with Crippen LogP contribution in [0.5, 0.6) is 0 Å². The minimum Gasteiger partial charge on any atom is -0.356 e. The van der Waals surface area contributed by atoms with Crippen LogP contribution in [0.3, 0.4) is 0 Å². The van der Waals surface area contributed by atoms with E-state index in [1.165, 1.54) is 29.9 Å². The van der Waals surface area contributed by atoms with Gasteiger partial charge in [-0.15, -0.1) is 0 Å². The summed E-state index contributed by atoms with van der Waals surface area (Å²) in [4.78, 5) is 26.9. The second kappa shape index (κ2) is 9.61. The van der Waals surface area contributed by atoms with Crippen molar-refractivity contribution in [1.29, 1.82) is 0 Å². The molecule has 8 nitrogen and oxygen atoms in total. The van der Waals surface area contributed by atoms with Crippen molar-refractivity contribution in [2.75, 3.05) is 26.7 Å². The maximum Gasteiger partial charge on any atom is 0.270 e. The van der Waals surface area contributed by atoms with Crippen LogP contribution in [0.4, 0.5) is 4.39 Å². The number of likely N-dealkylation sites (tertiary alicyclic amines) is 1. The van der Waals surface area contributed by atoms with E-state index >= 15 is 0 Å². The predicted octanol–water partition coefficient (Wildman–Crippen LogP) is 1.28. The number of benzene rings is 1. The van der Waals surface area contributed by atoms with E-state index in [4.69, 9.17) is 0 Å².